The van der Waals surface area contributed by atoms with Gasteiger partial charge in [0.15, 0.2) is 0 Å². The van der Waals surface area contributed by atoms with Crippen molar-refractivity contribution >= 4 is 0 Å². The molecule has 0 saturated heterocycles. The highest BCUT2D eigenvalue weighted by atomic mass is 15.3. The highest BCUT2D eigenvalue weighted by Gasteiger charge is 2.24. The van der Waals surface area contributed by atoms with Crippen LogP contribution in [0.3, 0.4) is 0 Å². The van der Waals surface area contributed by atoms with Crippen molar-refractivity contribution in [2.75, 3.05) is 0 Å². The molecule has 1 aromatic carbocycles. The maximum absolute atomic E-state index is 6.38. The third-order valence-electron chi connectivity index (χ3n) is 4.21. The zero-order valence-electron chi connectivity index (χ0n) is 11.3. The van der Waals surface area contributed by atoms with E-state index in [1.165, 1.54) is 17.5 Å². The number of rotatable bonds is 3. The summed E-state index contributed by atoms with van der Waals surface area (Å²) in [6.07, 6.45) is 5.82. The van der Waals surface area contributed by atoms with Crippen LogP contribution in [0.25, 0.3) is 0 Å². The molecule has 2 N–H and O–H groups in total. The molecule has 2 aromatic rings. The third-order valence-corrected chi connectivity index (χ3v) is 4.21. The lowest BCUT2D eigenvalue weighted by Gasteiger charge is -2.29. The summed E-state index contributed by atoms with van der Waals surface area (Å²) in [5.74, 6) is 1.53. The van der Waals surface area contributed by atoms with E-state index < -0.39 is 0 Å². The van der Waals surface area contributed by atoms with E-state index in [-0.39, 0.29) is 6.04 Å². The molecule has 2 unspecified atom stereocenters. The Morgan fingerprint density at radius 3 is 2.89 bits per heavy atom. The van der Waals surface area contributed by atoms with Crippen LogP contribution >= 0.6 is 0 Å². The van der Waals surface area contributed by atoms with Crippen LogP contribution in [-0.4, -0.2) is 20.8 Å². The minimum Gasteiger partial charge on any atom is -0.327 e. The van der Waals surface area contributed by atoms with E-state index in [1.807, 2.05) is 11.7 Å². The molecule has 1 aromatic heterocycles. The molecule has 0 amide bonds. The number of aryl methyl sites for hydroxylation is 2. The van der Waals surface area contributed by atoms with E-state index >= 15 is 0 Å². The molecule has 4 nitrogen and oxygen atoms in total. The lowest BCUT2D eigenvalue weighted by atomic mass is 9.79. The summed E-state index contributed by atoms with van der Waals surface area (Å²) in [5, 5.41) is 4.10. The average Bonchev–Trinajstić information content (AvgIpc) is 2.84. The Labute approximate surface area is 113 Å². The first-order valence-electron chi connectivity index (χ1n) is 6.89. The van der Waals surface area contributed by atoms with E-state index in [0.717, 1.165) is 25.1 Å². The number of aromatic nitrogens is 3. The summed E-state index contributed by atoms with van der Waals surface area (Å²) >= 11 is 0. The van der Waals surface area contributed by atoms with Crippen molar-refractivity contribution in [1.29, 1.82) is 0 Å². The number of hydrogen-bond donors (Lipinski definition) is 1. The second-order valence-electron chi connectivity index (χ2n) is 5.44. The van der Waals surface area contributed by atoms with E-state index in [2.05, 4.69) is 34.3 Å². The number of fused-ring (bicyclic) bond motifs is 1. The molecule has 1 heterocycles. The molecule has 1 aliphatic carbocycles. The average molecular weight is 256 g/mol. The van der Waals surface area contributed by atoms with Crippen LogP contribution < -0.4 is 5.73 Å². The van der Waals surface area contributed by atoms with Crippen molar-refractivity contribution in [3.8, 4) is 0 Å². The van der Waals surface area contributed by atoms with Gasteiger partial charge in [0.05, 0.1) is 0 Å². The molecule has 0 saturated carbocycles. The Kier molecular flexibility index (Phi) is 3.34. The first-order valence-corrected chi connectivity index (χ1v) is 6.89. The summed E-state index contributed by atoms with van der Waals surface area (Å²) in [4.78, 5) is 4.27. The van der Waals surface area contributed by atoms with Gasteiger partial charge in [-0.1, -0.05) is 24.3 Å². The number of hydrogen-bond acceptors (Lipinski definition) is 3. The normalized spacial score (nSPS) is 20.0. The van der Waals surface area contributed by atoms with Crippen molar-refractivity contribution in [1.82, 2.24) is 14.8 Å². The quantitative estimate of drug-likeness (QED) is 0.905. The van der Waals surface area contributed by atoms with E-state index in [9.17, 15) is 0 Å². The molecule has 3 rings (SSSR count). The van der Waals surface area contributed by atoms with Gasteiger partial charge in [0.2, 0.25) is 0 Å². The summed E-state index contributed by atoms with van der Waals surface area (Å²) < 4.78 is 1.82. The minimum atomic E-state index is 0.163. The highest BCUT2D eigenvalue weighted by molar-refractivity contribution is 5.30. The van der Waals surface area contributed by atoms with Crippen LogP contribution in [0.2, 0.25) is 0 Å². The van der Waals surface area contributed by atoms with Gasteiger partial charge < -0.3 is 5.73 Å². The van der Waals surface area contributed by atoms with Crippen molar-refractivity contribution in [2.24, 2.45) is 18.7 Å². The van der Waals surface area contributed by atoms with Crippen LogP contribution in [0.4, 0.5) is 0 Å². The van der Waals surface area contributed by atoms with Gasteiger partial charge in [-0.05, 0) is 36.3 Å². The summed E-state index contributed by atoms with van der Waals surface area (Å²) in [5.41, 5.74) is 9.34. The smallest absolute Gasteiger partial charge is 0.138 e. The maximum Gasteiger partial charge on any atom is 0.138 e. The predicted octanol–water partition coefficient (Wildman–Crippen LogP) is 1.49. The van der Waals surface area contributed by atoms with Crippen LogP contribution in [0, 0.1) is 5.92 Å². The molecule has 0 radical (unpaired) electrons. The third kappa shape index (κ3) is 2.54. The molecular weight excluding hydrogens is 236 g/mol. The molecule has 0 bridgehead atoms. The summed E-state index contributed by atoms with van der Waals surface area (Å²) in [6.45, 7) is 0. The van der Waals surface area contributed by atoms with Gasteiger partial charge in [0.1, 0.15) is 12.2 Å². The molecule has 0 aliphatic heterocycles. The molecule has 0 fully saturated rings. The Balaban J connectivity index is 1.69. The van der Waals surface area contributed by atoms with Crippen molar-refractivity contribution in [2.45, 2.75) is 31.7 Å². The Hall–Kier alpha value is -1.68. The zero-order chi connectivity index (χ0) is 13.2. The first kappa shape index (κ1) is 12.4. The van der Waals surface area contributed by atoms with Crippen molar-refractivity contribution in [3.63, 3.8) is 0 Å². The van der Waals surface area contributed by atoms with Gasteiger partial charge >= 0.3 is 0 Å². The van der Waals surface area contributed by atoms with Gasteiger partial charge in [-0.2, -0.15) is 5.10 Å². The van der Waals surface area contributed by atoms with Gasteiger partial charge in [-0.25, -0.2) is 4.98 Å². The maximum atomic E-state index is 6.38. The number of nitrogens with two attached hydrogens (primary N) is 1. The molecule has 4 heteroatoms. The number of nitrogens with zero attached hydrogens (tertiary/aromatic N) is 3. The fraction of sp³-hybridized carbons (Fsp3) is 0.467. The molecule has 100 valence electrons. The lowest BCUT2D eigenvalue weighted by Crippen LogP contribution is -2.36. The fourth-order valence-electron chi connectivity index (χ4n) is 2.97. The van der Waals surface area contributed by atoms with Crippen LogP contribution in [-0.2, 0) is 26.3 Å². The Bertz CT molecular complexity index is 561. The van der Waals surface area contributed by atoms with Crippen molar-refractivity contribution in [3.05, 3.63) is 47.5 Å². The highest BCUT2D eigenvalue weighted by Crippen LogP contribution is 2.27. The van der Waals surface area contributed by atoms with Gasteiger partial charge in [0, 0.05) is 19.5 Å². The van der Waals surface area contributed by atoms with Gasteiger partial charge in [-0.3, -0.25) is 4.68 Å². The topological polar surface area (TPSA) is 56.7 Å². The zero-order valence-corrected chi connectivity index (χ0v) is 11.3. The van der Waals surface area contributed by atoms with Crippen LogP contribution in [0.5, 0.6) is 0 Å². The molecular formula is C15H20N4. The van der Waals surface area contributed by atoms with Crippen molar-refractivity contribution < 1.29 is 0 Å². The van der Waals surface area contributed by atoms with E-state index in [1.54, 1.807) is 6.33 Å². The SMILES string of the molecule is Cn1ncnc1CC(N)C1CCc2ccccc2C1. The Morgan fingerprint density at radius 1 is 1.37 bits per heavy atom. The molecule has 2 atom stereocenters. The first-order chi connectivity index (χ1) is 9.24. The van der Waals surface area contributed by atoms with E-state index in [4.69, 9.17) is 5.73 Å². The van der Waals surface area contributed by atoms with Gasteiger partial charge in [-0.15, -0.1) is 0 Å². The number of benzene rings is 1. The lowest BCUT2D eigenvalue weighted by molar-refractivity contribution is 0.365. The van der Waals surface area contributed by atoms with Crippen LogP contribution in [0.15, 0.2) is 30.6 Å². The molecule has 1 aliphatic rings. The minimum absolute atomic E-state index is 0.163. The van der Waals surface area contributed by atoms with Gasteiger partial charge in [0.25, 0.3) is 0 Å². The second kappa shape index (κ2) is 5.13. The van der Waals surface area contributed by atoms with Crippen LogP contribution in [0.1, 0.15) is 23.4 Å². The second-order valence-corrected chi connectivity index (χ2v) is 5.44. The van der Waals surface area contributed by atoms with E-state index in [0.29, 0.717) is 5.92 Å². The fourth-order valence-corrected chi connectivity index (χ4v) is 2.97. The summed E-state index contributed by atoms with van der Waals surface area (Å²) in [6, 6.07) is 8.88. The standard InChI is InChI=1S/C15H20N4/c1-19-15(17-10-18-19)9-14(16)13-7-6-11-4-2-3-5-12(11)8-13/h2-5,10,13-14H,6-9,16H2,1H3. The predicted molar refractivity (Wildman–Crippen MR) is 74.6 cm³/mol. The molecule has 19 heavy (non-hydrogen) atoms. The molecule has 0 spiro atoms. The largest absolute Gasteiger partial charge is 0.327 e. The Morgan fingerprint density at radius 2 is 2.16 bits per heavy atom. The monoisotopic (exact) mass is 256 g/mol. The summed E-state index contributed by atoms with van der Waals surface area (Å²) in [7, 11) is 1.92.